The Labute approximate surface area is 220 Å². The van der Waals surface area contributed by atoms with Gasteiger partial charge < -0.3 is 24.8 Å². The smallest absolute Gasteiger partial charge is 0.408 e. The second kappa shape index (κ2) is 14.0. The molecule has 1 aliphatic carbocycles. The molecule has 1 aliphatic rings. The Hall–Kier alpha value is -3.10. The number of nitrogens with one attached hydrogen (secondary N) is 2. The van der Waals surface area contributed by atoms with Gasteiger partial charge in [0.1, 0.15) is 30.9 Å². The second-order valence-corrected chi connectivity index (χ2v) is 11.1. The molecular weight excluding hydrogens is 476 g/mol. The molecule has 0 aromatic heterocycles. The van der Waals surface area contributed by atoms with Gasteiger partial charge in [-0.2, -0.15) is 0 Å². The van der Waals surface area contributed by atoms with Crippen LogP contribution in [0.1, 0.15) is 72.8 Å². The lowest BCUT2D eigenvalue weighted by Crippen LogP contribution is -2.50. The number of hydrogen-bond donors (Lipinski definition) is 2. The van der Waals surface area contributed by atoms with Crippen molar-refractivity contribution < 1.29 is 33.4 Å². The van der Waals surface area contributed by atoms with E-state index >= 15 is 0 Å². The highest BCUT2D eigenvalue weighted by molar-refractivity contribution is 5.91. The van der Waals surface area contributed by atoms with E-state index in [0.717, 1.165) is 24.8 Å². The van der Waals surface area contributed by atoms with Gasteiger partial charge in [0, 0.05) is 0 Å². The standard InChI is InChI=1S/C28H42N2O7/c1-18(2)21-13-12-19(3)14-23(21)36-24(31)15-22(30-27(34)37-28(4,5)6)26(33)29-16-25(32)35-17-20-10-8-7-9-11-20/h7-11,18-19,21-23H,12-17H2,1-6H3,(H,29,33)(H,30,34). The lowest BCUT2D eigenvalue weighted by atomic mass is 9.75. The molecule has 0 aliphatic heterocycles. The molecule has 2 rings (SSSR count). The maximum atomic E-state index is 12.9. The molecule has 1 saturated carbocycles. The zero-order chi connectivity index (χ0) is 27.6. The van der Waals surface area contributed by atoms with Gasteiger partial charge in [0.2, 0.25) is 5.91 Å². The van der Waals surface area contributed by atoms with Crippen molar-refractivity contribution in [3.8, 4) is 0 Å². The number of hydrogen-bond acceptors (Lipinski definition) is 7. The minimum atomic E-state index is -1.28. The lowest BCUT2D eigenvalue weighted by molar-refractivity contribution is -0.157. The van der Waals surface area contributed by atoms with Gasteiger partial charge in [0.25, 0.3) is 0 Å². The summed E-state index contributed by atoms with van der Waals surface area (Å²) in [7, 11) is 0. The predicted octanol–water partition coefficient (Wildman–Crippen LogP) is 4.13. The van der Waals surface area contributed by atoms with Gasteiger partial charge in [0.15, 0.2) is 0 Å². The highest BCUT2D eigenvalue weighted by Gasteiger charge is 2.35. The van der Waals surface area contributed by atoms with E-state index in [0.29, 0.717) is 11.8 Å². The van der Waals surface area contributed by atoms with E-state index in [1.165, 1.54) is 0 Å². The van der Waals surface area contributed by atoms with Gasteiger partial charge in [0.05, 0.1) is 6.42 Å². The number of esters is 2. The lowest BCUT2D eigenvalue weighted by Gasteiger charge is -2.36. The number of benzene rings is 1. The van der Waals surface area contributed by atoms with E-state index in [1.54, 1.807) is 20.8 Å². The predicted molar refractivity (Wildman–Crippen MR) is 138 cm³/mol. The van der Waals surface area contributed by atoms with Crippen LogP contribution < -0.4 is 10.6 Å². The molecule has 1 aromatic rings. The summed E-state index contributed by atoms with van der Waals surface area (Å²) >= 11 is 0. The van der Waals surface area contributed by atoms with E-state index in [-0.39, 0.29) is 25.0 Å². The summed E-state index contributed by atoms with van der Waals surface area (Å²) in [5.41, 5.74) is 0.0152. The molecule has 1 aromatic carbocycles. The van der Waals surface area contributed by atoms with Crippen molar-refractivity contribution in [2.75, 3.05) is 6.54 Å². The summed E-state index contributed by atoms with van der Waals surface area (Å²) in [5.74, 6) is -0.915. The van der Waals surface area contributed by atoms with Crippen LogP contribution in [0.15, 0.2) is 30.3 Å². The first-order valence-corrected chi connectivity index (χ1v) is 13.0. The Morgan fingerprint density at radius 2 is 1.70 bits per heavy atom. The molecule has 0 bridgehead atoms. The largest absolute Gasteiger partial charge is 0.462 e. The summed E-state index contributed by atoms with van der Waals surface area (Å²) in [6.45, 7) is 11.1. The van der Waals surface area contributed by atoms with Crippen LogP contribution in [-0.4, -0.2) is 48.2 Å². The molecule has 4 atom stereocenters. The van der Waals surface area contributed by atoms with Crippen LogP contribution in [0.4, 0.5) is 4.79 Å². The third-order valence-corrected chi connectivity index (χ3v) is 6.27. The quantitative estimate of drug-likeness (QED) is 0.353. The molecule has 0 saturated heterocycles. The Morgan fingerprint density at radius 1 is 1.03 bits per heavy atom. The average molecular weight is 519 g/mol. The number of rotatable bonds is 10. The Bertz CT molecular complexity index is 911. The Morgan fingerprint density at radius 3 is 2.32 bits per heavy atom. The normalized spacial score (nSPS) is 20.5. The number of carbonyl (C=O) groups is 4. The summed E-state index contributed by atoms with van der Waals surface area (Å²) in [4.78, 5) is 50.3. The average Bonchev–Trinajstić information content (AvgIpc) is 2.80. The fourth-order valence-electron chi connectivity index (χ4n) is 4.36. The third kappa shape index (κ3) is 11.2. The first-order valence-electron chi connectivity index (χ1n) is 13.0. The van der Waals surface area contributed by atoms with Gasteiger partial charge in [-0.3, -0.25) is 14.4 Å². The van der Waals surface area contributed by atoms with E-state index in [9.17, 15) is 19.2 Å². The number of alkyl carbamates (subject to hydrolysis) is 1. The summed E-state index contributed by atoms with van der Waals surface area (Å²) in [6.07, 6.45) is 1.34. The van der Waals surface area contributed by atoms with Crippen LogP contribution >= 0.6 is 0 Å². The zero-order valence-electron chi connectivity index (χ0n) is 22.9. The van der Waals surface area contributed by atoms with Gasteiger partial charge in [-0.05, 0) is 56.9 Å². The Kier molecular flexibility index (Phi) is 11.4. The molecule has 9 nitrogen and oxygen atoms in total. The highest BCUT2D eigenvalue weighted by Crippen LogP contribution is 2.35. The summed E-state index contributed by atoms with van der Waals surface area (Å²) < 4.78 is 16.2. The molecule has 2 amide bonds. The molecule has 0 spiro atoms. The third-order valence-electron chi connectivity index (χ3n) is 6.27. The van der Waals surface area contributed by atoms with Crippen molar-refractivity contribution in [3.63, 3.8) is 0 Å². The summed E-state index contributed by atoms with van der Waals surface area (Å²) in [6, 6.07) is 7.86. The van der Waals surface area contributed by atoms with Crippen molar-refractivity contribution in [1.82, 2.24) is 10.6 Å². The SMILES string of the molecule is CC1CCC(C(C)C)C(OC(=O)CC(NC(=O)OC(C)(C)C)C(=O)NCC(=O)OCc2ccccc2)C1. The van der Waals surface area contributed by atoms with Crippen LogP contribution in [0.2, 0.25) is 0 Å². The van der Waals surface area contributed by atoms with Crippen LogP contribution in [0.3, 0.4) is 0 Å². The molecule has 0 radical (unpaired) electrons. The van der Waals surface area contributed by atoms with Crippen molar-refractivity contribution in [3.05, 3.63) is 35.9 Å². The molecular formula is C28H42N2O7. The first-order chi connectivity index (χ1) is 17.3. The maximum absolute atomic E-state index is 12.9. The van der Waals surface area contributed by atoms with E-state index in [4.69, 9.17) is 14.2 Å². The van der Waals surface area contributed by atoms with Crippen molar-refractivity contribution in [2.45, 2.75) is 91.6 Å². The van der Waals surface area contributed by atoms with Gasteiger partial charge in [-0.15, -0.1) is 0 Å². The Balaban J connectivity index is 1.99. The van der Waals surface area contributed by atoms with Crippen LogP contribution in [-0.2, 0) is 35.2 Å². The molecule has 206 valence electrons. The van der Waals surface area contributed by atoms with E-state index in [1.807, 2.05) is 30.3 Å². The van der Waals surface area contributed by atoms with Gasteiger partial charge in [-0.25, -0.2) is 4.79 Å². The molecule has 4 unspecified atom stereocenters. The van der Waals surface area contributed by atoms with Gasteiger partial charge in [-0.1, -0.05) is 57.5 Å². The van der Waals surface area contributed by atoms with Crippen LogP contribution in [0.5, 0.6) is 0 Å². The summed E-state index contributed by atoms with van der Waals surface area (Å²) in [5, 5.41) is 4.88. The number of ether oxygens (including phenoxy) is 3. The molecule has 1 fully saturated rings. The highest BCUT2D eigenvalue weighted by atomic mass is 16.6. The number of carbonyl (C=O) groups excluding carboxylic acids is 4. The van der Waals surface area contributed by atoms with E-state index in [2.05, 4.69) is 31.4 Å². The number of amides is 2. The first kappa shape index (κ1) is 30.1. The van der Waals surface area contributed by atoms with Gasteiger partial charge >= 0.3 is 18.0 Å². The second-order valence-electron chi connectivity index (χ2n) is 11.1. The monoisotopic (exact) mass is 518 g/mol. The fraction of sp³-hybridized carbons (Fsp3) is 0.643. The molecule has 2 N–H and O–H groups in total. The molecule has 0 heterocycles. The van der Waals surface area contributed by atoms with E-state index < -0.39 is 42.1 Å². The zero-order valence-corrected chi connectivity index (χ0v) is 22.9. The van der Waals surface area contributed by atoms with Crippen molar-refractivity contribution >= 4 is 23.9 Å². The minimum absolute atomic E-state index is 0.0677. The molecule has 37 heavy (non-hydrogen) atoms. The van der Waals surface area contributed by atoms with Crippen molar-refractivity contribution in [2.24, 2.45) is 17.8 Å². The van der Waals surface area contributed by atoms with Crippen LogP contribution in [0.25, 0.3) is 0 Å². The maximum Gasteiger partial charge on any atom is 0.408 e. The topological polar surface area (TPSA) is 120 Å². The molecule has 9 heteroatoms. The van der Waals surface area contributed by atoms with Crippen LogP contribution in [0, 0.1) is 17.8 Å². The van der Waals surface area contributed by atoms with Crippen molar-refractivity contribution in [1.29, 1.82) is 0 Å². The minimum Gasteiger partial charge on any atom is -0.462 e. The fourth-order valence-corrected chi connectivity index (χ4v) is 4.36.